The lowest BCUT2D eigenvalue weighted by Crippen LogP contribution is -2.36. The van der Waals surface area contributed by atoms with E-state index in [0.29, 0.717) is 30.3 Å². The van der Waals surface area contributed by atoms with Crippen molar-refractivity contribution in [3.8, 4) is 29.3 Å². The van der Waals surface area contributed by atoms with Crippen LogP contribution in [0.4, 0.5) is 5.69 Å². The monoisotopic (exact) mass is 422 g/mol. The van der Waals surface area contributed by atoms with Gasteiger partial charge in [-0.05, 0) is 37.8 Å². The molecule has 1 aliphatic carbocycles. The number of fused-ring (bicyclic) bond motifs is 6. The van der Waals surface area contributed by atoms with Crippen LogP contribution in [0.5, 0.6) is 0 Å². The number of anilines is 1. The van der Waals surface area contributed by atoms with Crippen LogP contribution in [0.3, 0.4) is 0 Å². The molecule has 0 saturated heterocycles. The molecular weight excluding hydrogens is 408 g/mol. The van der Waals surface area contributed by atoms with Gasteiger partial charge < -0.3 is 9.63 Å². The van der Waals surface area contributed by atoms with E-state index in [1.54, 1.807) is 10.8 Å². The van der Waals surface area contributed by atoms with E-state index in [0.717, 1.165) is 24.1 Å². The molecule has 150 valence electrons. The lowest BCUT2D eigenvalue weighted by atomic mass is 10.0. The van der Waals surface area contributed by atoms with Gasteiger partial charge in [-0.2, -0.15) is 10.2 Å². The zero-order valence-corrected chi connectivity index (χ0v) is 16.4. The van der Waals surface area contributed by atoms with Gasteiger partial charge in [0, 0.05) is 5.56 Å². The fourth-order valence-corrected chi connectivity index (χ4v) is 4.64. The maximum Gasteiger partial charge on any atom is 0.296 e. The van der Waals surface area contributed by atoms with Crippen LogP contribution in [0.15, 0.2) is 35.0 Å². The van der Waals surface area contributed by atoms with E-state index in [2.05, 4.69) is 26.5 Å². The highest BCUT2D eigenvalue weighted by Gasteiger charge is 2.42. The van der Waals surface area contributed by atoms with E-state index in [1.807, 2.05) is 29.2 Å². The van der Waals surface area contributed by atoms with Crippen molar-refractivity contribution >= 4 is 23.1 Å². The Balaban J connectivity index is 1.53. The highest BCUT2D eigenvalue weighted by Crippen LogP contribution is 2.46. The molecule has 0 spiro atoms. The van der Waals surface area contributed by atoms with Gasteiger partial charge in [0.2, 0.25) is 11.6 Å². The standard InChI is InChI=1S/C19H15ClN8O2/c20-18-26(10-21)9-13-27(18)12-6-2-1-5-11(12)14-23-24-15(28(13)14)16-22-17(25-30-16)19(29)7-3-4-8-19/h1-2,5-6,9,18,29H,3-4,7-8H2. The minimum Gasteiger partial charge on any atom is -0.382 e. The molecule has 3 aromatic rings. The van der Waals surface area contributed by atoms with Crippen LogP contribution >= 0.6 is 11.6 Å². The van der Waals surface area contributed by atoms with E-state index in [9.17, 15) is 10.4 Å². The number of nitrogens with zero attached hydrogens (tertiary/aromatic N) is 8. The van der Waals surface area contributed by atoms with Crippen LogP contribution < -0.4 is 4.90 Å². The first-order valence-electron chi connectivity index (χ1n) is 9.56. The van der Waals surface area contributed by atoms with Crippen molar-refractivity contribution in [1.29, 1.82) is 5.26 Å². The summed E-state index contributed by atoms with van der Waals surface area (Å²) in [5.41, 5.74) is -0.171. The molecular formula is C19H15ClN8O2. The predicted molar refractivity (Wildman–Crippen MR) is 105 cm³/mol. The Bertz CT molecular complexity index is 1240. The average Bonchev–Trinajstić information content (AvgIpc) is 3.53. The smallest absolute Gasteiger partial charge is 0.296 e. The van der Waals surface area contributed by atoms with Gasteiger partial charge >= 0.3 is 0 Å². The van der Waals surface area contributed by atoms with Crippen molar-refractivity contribution < 1.29 is 9.63 Å². The molecule has 2 aromatic heterocycles. The molecule has 1 aromatic carbocycles. The Morgan fingerprint density at radius 1 is 1.20 bits per heavy atom. The van der Waals surface area contributed by atoms with Crippen LogP contribution in [-0.2, 0) is 5.60 Å². The molecule has 1 unspecified atom stereocenters. The van der Waals surface area contributed by atoms with Crippen LogP contribution in [0.1, 0.15) is 31.5 Å². The molecule has 1 atom stereocenters. The molecule has 1 fully saturated rings. The van der Waals surface area contributed by atoms with Crippen LogP contribution in [0.25, 0.3) is 28.9 Å². The summed E-state index contributed by atoms with van der Waals surface area (Å²) in [5.74, 6) is 1.90. The summed E-state index contributed by atoms with van der Waals surface area (Å²) in [7, 11) is 0. The fraction of sp³-hybridized carbons (Fsp3) is 0.316. The van der Waals surface area contributed by atoms with Crippen molar-refractivity contribution in [3.63, 3.8) is 0 Å². The largest absolute Gasteiger partial charge is 0.382 e. The second kappa shape index (κ2) is 6.04. The molecule has 0 bridgehead atoms. The molecule has 3 aliphatic rings. The van der Waals surface area contributed by atoms with Gasteiger partial charge in [-0.25, -0.2) is 4.90 Å². The number of aromatic nitrogens is 5. The normalized spacial score (nSPS) is 21.1. The highest BCUT2D eigenvalue weighted by atomic mass is 35.5. The van der Waals surface area contributed by atoms with Crippen LogP contribution in [0.2, 0.25) is 0 Å². The first kappa shape index (κ1) is 17.4. The van der Waals surface area contributed by atoms with Crippen molar-refractivity contribution in [1.82, 2.24) is 29.8 Å². The number of aliphatic hydroxyl groups is 1. The predicted octanol–water partition coefficient (Wildman–Crippen LogP) is 2.65. The van der Waals surface area contributed by atoms with Crippen molar-refractivity contribution in [3.05, 3.63) is 36.3 Å². The molecule has 1 saturated carbocycles. The van der Waals surface area contributed by atoms with Gasteiger partial charge in [-0.15, -0.1) is 10.2 Å². The Morgan fingerprint density at radius 3 is 2.77 bits per heavy atom. The third-order valence-corrected chi connectivity index (χ3v) is 6.23. The van der Waals surface area contributed by atoms with Gasteiger partial charge in [0.1, 0.15) is 11.4 Å². The number of benzene rings is 1. The number of nitriles is 1. The second-order valence-electron chi connectivity index (χ2n) is 7.54. The third kappa shape index (κ3) is 2.21. The van der Waals surface area contributed by atoms with E-state index in [-0.39, 0.29) is 11.7 Å². The number of rotatable bonds is 2. The minimum absolute atomic E-state index is 0.144. The van der Waals surface area contributed by atoms with E-state index in [4.69, 9.17) is 16.1 Å². The van der Waals surface area contributed by atoms with Gasteiger partial charge in [0.05, 0.1) is 11.9 Å². The minimum atomic E-state index is -1.07. The Hall–Kier alpha value is -3.42. The fourth-order valence-electron chi connectivity index (χ4n) is 4.34. The van der Waals surface area contributed by atoms with Crippen molar-refractivity contribution in [2.75, 3.05) is 4.90 Å². The molecule has 0 amide bonds. The molecule has 4 heterocycles. The van der Waals surface area contributed by atoms with E-state index < -0.39 is 11.2 Å². The lowest BCUT2D eigenvalue weighted by Gasteiger charge is -2.32. The van der Waals surface area contributed by atoms with Crippen molar-refractivity contribution in [2.45, 2.75) is 36.9 Å². The number of hydrogen-bond acceptors (Lipinski definition) is 9. The lowest BCUT2D eigenvalue weighted by molar-refractivity contribution is 0.0328. The Kier molecular flexibility index (Phi) is 3.51. The molecule has 2 aliphatic heterocycles. The Morgan fingerprint density at radius 2 is 1.97 bits per heavy atom. The molecule has 30 heavy (non-hydrogen) atoms. The summed E-state index contributed by atoms with van der Waals surface area (Å²) in [6.07, 6.45) is 6.74. The van der Waals surface area contributed by atoms with E-state index >= 15 is 0 Å². The summed E-state index contributed by atoms with van der Waals surface area (Å²) in [5, 5.41) is 32.9. The van der Waals surface area contributed by atoms with Gasteiger partial charge in [0.15, 0.2) is 17.6 Å². The summed E-state index contributed by atoms with van der Waals surface area (Å²) in [4.78, 5) is 7.60. The number of hydrogen-bond donors (Lipinski definition) is 1. The Labute approximate surface area is 175 Å². The van der Waals surface area contributed by atoms with Crippen LogP contribution in [-0.4, -0.2) is 40.5 Å². The SMILES string of the molecule is N#CN1C=C2N(c3ccccc3-c3nnc(-c4nc(C5(O)CCCC5)no4)n32)C1Cl. The number of halogens is 1. The maximum atomic E-state index is 10.8. The quantitative estimate of drug-likeness (QED) is 0.377. The van der Waals surface area contributed by atoms with Gasteiger partial charge in [0.25, 0.3) is 5.89 Å². The summed E-state index contributed by atoms with van der Waals surface area (Å²) >= 11 is 6.56. The van der Waals surface area contributed by atoms with E-state index in [1.165, 1.54) is 4.90 Å². The van der Waals surface area contributed by atoms with Gasteiger partial charge in [-0.1, -0.05) is 28.9 Å². The number of alkyl halides is 1. The molecule has 1 N–H and O–H groups in total. The maximum absolute atomic E-state index is 10.8. The van der Waals surface area contributed by atoms with Crippen molar-refractivity contribution in [2.24, 2.45) is 0 Å². The molecule has 0 radical (unpaired) electrons. The molecule has 11 heteroatoms. The zero-order chi connectivity index (χ0) is 20.5. The topological polar surface area (TPSA) is 120 Å². The second-order valence-corrected chi connectivity index (χ2v) is 7.93. The summed E-state index contributed by atoms with van der Waals surface area (Å²) in [6.45, 7) is 0. The average molecular weight is 423 g/mol. The molecule has 6 rings (SSSR count). The zero-order valence-electron chi connectivity index (χ0n) is 15.6. The number of para-hydroxylation sites is 1. The summed E-state index contributed by atoms with van der Waals surface area (Å²) < 4.78 is 7.21. The highest BCUT2D eigenvalue weighted by molar-refractivity contribution is 6.23. The first-order valence-corrected chi connectivity index (χ1v) is 10.00. The third-order valence-electron chi connectivity index (χ3n) is 5.82. The molecule has 10 nitrogen and oxygen atoms in total. The first-order chi connectivity index (χ1) is 14.6. The van der Waals surface area contributed by atoms with Gasteiger partial charge in [-0.3, -0.25) is 9.47 Å². The van der Waals surface area contributed by atoms with Crippen LogP contribution in [0, 0.1) is 11.5 Å². The summed E-state index contributed by atoms with van der Waals surface area (Å²) in [6, 6.07) is 7.62.